The molecule has 2 amide bonds. The number of carbonyl (C=O) groups excluding carboxylic acids is 2. The Morgan fingerprint density at radius 3 is 2.80 bits per heavy atom. The Hall–Kier alpha value is -2.09. The zero-order valence-electron chi connectivity index (χ0n) is 10.2. The summed E-state index contributed by atoms with van der Waals surface area (Å²) in [6.07, 6.45) is -3.72. The average Bonchev–Trinajstić information content (AvgIpc) is 2.36. The normalized spacial score (nSPS) is 14.4. The van der Waals surface area contributed by atoms with Gasteiger partial charge in [-0.05, 0) is 30.2 Å². The van der Waals surface area contributed by atoms with Crippen LogP contribution in [0.15, 0.2) is 18.2 Å². The average molecular weight is 288 g/mol. The first-order valence-electron chi connectivity index (χ1n) is 5.77. The number of hydrogen-bond acceptors (Lipinski definition) is 3. The fourth-order valence-electron chi connectivity index (χ4n) is 1.77. The summed E-state index contributed by atoms with van der Waals surface area (Å²) in [5.41, 5.74) is 3.26. The molecule has 0 saturated carbocycles. The second-order valence-corrected chi connectivity index (χ2v) is 4.26. The van der Waals surface area contributed by atoms with Crippen molar-refractivity contribution in [2.75, 3.05) is 11.9 Å². The highest BCUT2D eigenvalue weighted by Gasteiger charge is 2.28. The van der Waals surface area contributed by atoms with Crippen LogP contribution in [0, 0.1) is 0 Å². The first kappa shape index (κ1) is 14.3. The number of alkyl halides is 3. The molecule has 0 fully saturated rings. The summed E-state index contributed by atoms with van der Waals surface area (Å²) >= 11 is 0. The van der Waals surface area contributed by atoms with Crippen LogP contribution in [-0.4, -0.2) is 24.6 Å². The number of fused-ring (bicyclic) bond motifs is 1. The van der Waals surface area contributed by atoms with Crippen LogP contribution in [0.3, 0.4) is 0 Å². The van der Waals surface area contributed by atoms with E-state index >= 15 is 0 Å². The van der Waals surface area contributed by atoms with Crippen LogP contribution in [0.1, 0.15) is 22.3 Å². The highest BCUT2D eigenvalue weighted by molar-refractivity contribution is 5.97. The molecule has 1 heterocycles. The molecular formula is C12H11F3N2O3. The van der Waals surface area contributed by atoms with Gasteiger partial charge < -0.3 is 5.32 Å². The van der Waals surface area contributed by atoms with Gasteiger partial charge in [-0.3, -0.25) is 14.4 Å². The summed E-state index contributed by atoms with van der Waals surface area (Å²) in [6.45, 7) is -1.56. The highest BCUT2D eigenvalue weighted by atomic mass is 19.4. The van der Waals surface area contributed by atoms with Gasteiger partial charge in [0.05, 0.1) is 0 Å². The third kappa shape index (κ3) is 3.70. The topological polar surface area (TPSA) is 67.4 Å². The summed E-state index contributed by atoms with van der Waals surface area (Å²) in [6, 6.07) is 4.45. The molecule has 0 saturated heterocycles. The smallest absolute Gasteiger partial charge is 0.326 e. The minimum atomic E-state index is -4.51. The lowest BCUT2D eigenvalue weighted by molar-refractivity contribution is -0.184. The molecule has 108 valence electrons. The van der Waals surface area contributed by atoms with E-state index < -0.39 is 18.7 Å². The van der Waals surface area contributed by atoms with E-state index in [4.69, 9.17) is 0 Å². The Morgan fingerprint density at radius 1 is 1.35 bits per heavy atom. The first-order valence-corrected chi connectivity index (χ1v) is 5.77. The molecule has 0 unspecified atom stereocenters. The standard InChI is InChI=1S/C12H11F3N2O3/c13-12(14,15)6-20-17-11(19)8-1-3-9-7(5-8)2-4-10(18)16-9/h1,3,5H,2,4,6H2,(H,16,18)(H,17,19). The van der Waals surface area contributed by atoms with Crippen molar-refractivity contribution >= 4 is 17.5 Å². The summed E-state index contributed by atoms with van der Waals surface area (Å²) in [5.74, 6) is -0.878. The van der Waals surface area contributed by atoms with E-state index in [1.54, 1.807) is 5.48 Å². The van der Waals surface area contributed by atoms with Gasteiger partial charge in [-0.15, -0.1) is 0 Å². The van der Waals surface area contributed by atoms with Gasteiger partial charge in [-0.1, -0.05) is 0 Å². The van der Waals surface area contributed by atoms with Gasteiger partial charge in [0.15, 0.2) is 6.61 Å². The number of carbonyl (C=O) groups is 2. The van der Waals surface area contributed by atoms with Crippen molar-refractivity contribution in [3.05, 3.63) is 29.3 Å². The molecule has 20 heavy (non-hydrogen) atoms. The molecule has 0 bridgehead atoms. The number of amides is 2. The van der Waals surface area contributed by atoms with Gasteiger partial charge in [-0.2, -0.15) is 13.2 Å². The van der Waals surface area contributed by atoms with Crippen molar-refractivity contribution in [1.29, 1.82) is 0 Å². The molecule has 1 aliphatic heterocycles. The van der Waals surface area contributed by atoms with Crippen molar-refractivity contribution in [3.63, 3.8) is 0 Å². The van der Waals surface area contributed by atoms with Crippen molar-refractivity contribution in [1.82, 2.24) is 5.48 Å². The first-order chi connectivity index (χ1) is 9.35. The minimum absolute atomic E-state index is 0.108. The second-order valence-electron chi connectivity index (χ2n) is 4.26. The molecule has 0 radical (unpaired) electrons. The van der Waals surface area contributed by atoms with Gasteiger partial charge in [0.2, 0.25) is 5.91 Å². The van der Waals surface area contributed by atoms with Crippen LogP contribution in [0.5, 0.6) is 0 Å². The highest BCUT2D eigenvalue weighted by Crippen LogP contribution is 2.23. The van der Waals surface area contributed by atoms with E-state index in [1.807, 2.05) is 0 Å². The van der Waals surface area contributed by atoms with E-state index in [1.165, 1.54) is 18.2 Å². The molecule has 1 aromatic rings. The van der Waals surface area contributed by atoms with Gasteiger partial charge >= 0.3 is 6.18 Å². The zero-order chi connectivity index (χ0) is 14.8. The minimum Gasteiger partial charge on any atom is -0.326 e. The van der Waals surface area contributed by atoms with E-state index in [0.717, 1.165) is 5.56 Å². The summed E-state index contributed by atoms with van der Waals surface area (Å²) < 4.78 is 35.6. The lowest BCUT2D eigenvalue weighted by atomic mass is 10.0. The van der Waals surface area contributed by atoms with Gasteiger partial charge in [0.1, 0.15) is 0 Å². The lowest BCUT2D eigenvalue weighted by Gasteiger charge is -2.17. The maximum atomic E-state index is 11.9. The summed E-state index contributed by atoms with van der Waals surface area (Å²) in [4.78, 5) is 26.8. The lowest BCUT2D eigenvalue weighted by Crippen LogP contribution is -2.29. The number of benzene rings is 1. The number of anilines is 1. The van der Waals surface area contributed by atoms with E-state index in [0.29, 0.717) is 18.5 Å². The zero-order valence-corrected chi connectivity index (χ0v) is 10.2. The molecule has 2 N–H and O–H groups in total. The number of hydroxylamine groups is 1. The van der Waals surface area contributed by atoms with E-state index in [-0.39, 0.29) is 11.5 Å². The molecule has 0 aromatic heterocycles. The molecule has 5 nitrogen and oxygen atoms in total. The predicted octanol–water partition coefficient (Wildman–Crippen LogP) is 1.79. The van der Waals surface area contributed by atoms with Crippen molar-refractivity contribution in [2.45, 2.75) is 19.0 Å². The van der Waals surface area contributed by atoms with Crippen LogP contribution in [-0.2, 0) is 16.1 Å². The number of hydrogen-bond donors (Lipinski definition) is 2. The molecule has 1 aliphatic rings. The van der Waals surface area contributed by atoms with Gasteiger partial charge in [-0.25, -0.2) is 5.48 Å². The molecule has 2 rings (SSSR count). The molecule has 0 spiro atoms. The van der Waals surface area contributed by atoms with Crippen LogP contribution >= 0.6 is 0 Å². The van der Waals surface area contributed by atoms with Crippen molar-refractivity contribution < 1.29 is 27.6 Å². The maximum Gasteiger partial charge on any atom is 0.414 e. The van der Waals surface area contributed by atoms with E-state index in [2.05, 4.69) is 10.2 Å². The summed E-state index contributed by atoms with van der Waals surface area (Å²) in [5, 5.41) is 2.64. The SMILES string of the molecule is O=C1CCc2cc(C(=O)NOCC(F)(F)F)ccc2N1. The van der Waals surface area contributed by atoms with E-state index in [9.17, 15) is 22.8 Å². The van der Waals surface area contributed by atoms with Crippen molar-refractivity contribution in [2.24, 2.45) is 0 Å². The number of halogens is 3. The third-order valence-electron chi connectivity index (χ3n) is 2.66. The Kier molecular flexibility index (Phi) is 3.93. The van der Waals surface area contributed by atoms with Crippen LogP contribution < -0.4 is 10.8 Å². The largest absolute Gasteiger partial charge is 0.414 e. The van der Waals surface area contributed by atoms with Crippen LogP contribution in [0.25, 0.3) is 0 Å². The molecular weight excluding hydrogens is 277 g/mol. The maximum absolute atomic E-state index is 11.9. The number of rotatable bonds is 3. The molecule has 0 aliphatic carbocycles. The Labute approximate surface area is 112 Å². The molecule has 8 heteroatoms. The monoisotopic (exact) mass is 288 g/mol. The van der Waals surface area contributed by atoms with Gasteiger partial charge in [0, 0.05) is 17.7 Å². The van der Waals surface area contributed by atoms with Crippen molar-refractivity contribution in [3.8, 4) is 0 Å². The van der Waals surface area contributed by atoms with Crippen LogP contribution in [0.4, 0.5) is 18.9 Å². The van der Waals surface area contributed by atoms with Crippen LogP contribution in [0.2, 0.25) is 0 Å². The third-order valence-corrected chi connectivity index (χ3v) is 2.66. The Bertz CT molecular complexity index is 543. The Morgan fingerprint density at radius 2 is 2.10 bits per heavy atom. The Balaban J connectivity index is 1.99. The second kappa shape index (κ2) is 5.49. The van der Waals surface area contributed by atoms with Gasteiger partial charge in [0.25, 0.3) is 5.91 Å². The molecule has 1 aromatic carbocycles. The quantitative estimate of drug-likeness (QED) is 0.833. The number of aryl methyl sites for hydroxylation is 1. The molecule has 0 atom stereocenters. The fourth-order valence-corrected chi connectivity index (χ4v) is 1.77. The predicted molar refractivity (Wildman–Crippen MR) is 62.9 cm³/mol. The summed E-state index contributed by atoms with van der Waals surface area (Å²) in [7, 11) is 0. The fraction of sp³-hybridized carbons (Fsp3) is 0.333. The number of nitrogens with one attached hydrogen (secondary N) is 2.